The number of halogens is 1. The average Bonchev–Trinajstić information content (AvgIpc) is 2.43. The molecule has 2 rings (SSSR count). The second kappa shape index (κ2) is 5.96. The second-order valence-corrected chi connectivity index (χ2v) is 7.00. The molecule has 0 amide bonds. The third-order valence-corrected chi connectivity index (χ3v) is 4.56. The van der Waals surface area contributed by atoms with Gasteiger partial charge in [-0.3, -0.25) is 10.1 Å². The van der Waals surface area contributed by atoms with E-state index < -0.39 is 10.0 Å². The van der Waals surface area contributed by atoms with E-state index in [2.05, 4.69) is 36.0 Å². The fraction of sp³-hybridized carbons (Fsp3) is 0.167. The molecule has 0 aliphatic rings. The number of hydrogen-bond donors (Lipinski definition) is 3. The van der Waals surface area contributed by atoms with E-state index in [1.807, 2.05) is 26.0 Å². The Morgan fingerprint density at radius 3 is 2.14 bits per heavy atom. The van der Waals surface area contributed by atoms with Crippen LogP contribution in [0.5, 0.6) is 0 Å². The van der Waals surface area contributed by atoms with Crippen LogP contribution in [0.4, 0.5) is 11.6 Å². The summed E-state index contributed by atoms with van der Waals surface area (Å²) in [5.41, 5.74) is 4.40. The molecule has 0 radical (unpaired) electrons. The summed E-state index contributed by atoms with van der Waals surface area (Å²) in [6, 6.07) is 3.67. The molecule has 7 nitrogen and oxygen atoms in total. The van der Waals surface area contributed by atoms with Gasteiger partial charge in [0, 0.05) is 4.47 Å². The predicted molar refractivity (Wildman–Crippen MR) is 84.3 cm³/mol. The summed E-state index contributed by atoms with van der Waals surface area (Å²) in [7, 11) is -3.76. The predicted octanol–water partition coefficient (Wildman–Crippen LogP) is 1.94. The molecule has 0 atom stereocenters. The van der Waals surface area contributed by atoms with E-state index in [0.717, 1.165) is 15.6 Å². The summed E-state index contributed by atoms with van der Waals surface area (Å²) in [6.07, 6.45) is 2.38. The Morgan fingerprint density at radius 1 is 1.14 bits per heavy atom. The van der Waals surface area contributed by atoms with Gasteiger partial charge in [0.15, 0.2) is 0 Å². The van der Waals surface area contributed by atoms with Crippen molar-refractivity contribution in [3.63, 3.8) is 0 Å². The van der Waals surface area contributed by atoms with Crippen LogP contribution >= 0.6 is 15.9 Å². The molecule has 112 valence electrons. The van der Waals surface area contributed by atoms with Crippen LogP contribution in [0.25, 0.3) is 0 Å². The van der Waals surface area contributed by atoms with E-state index in [4.69, 9.17) is 5.84 Å². The van der Waals surface area contributed by atoms with Crippen LogP contribution in [0.2, 0.25) is 0 Å². The van der Waals surface area contributed by atoms with Gasteiger partial charge in [-0.05, 0) is 37.1 Å². The Labute approximate surface area is 131 Å². The van der Waals surface area contributed by atoms with Gasteiger partial charge in [-0.15, -0.1) is 0 Å². The van der Waals surface area contributed by atoms with Crippen molar-refractivity contribution in [2.45, 2.75) is 18.7 Å². The third kappa shape index (κ3) is 3.49. The van der Waals surface area contributed by atoms with Crippen molar-refractivity contribution in [3.8, 4) is 0 Å². The number of rotatable bonds is 4. The summed E-state index contributed by atoms with van der Waals surface area (Å²) in [4.78, 5) is 7.54. The van der Waals surface area contributed by atoms with E-state index in [1.165, 1.54) is 12.4 Å². The van der Waals surface area contributed by atoms with Crippen LogP contribution in [0.3, 0.4) is 0 Å². The molecule has 9 heteroatoms. The number of aromatic nitrogens is 2. The molecular formula is C12H14BrN5O2S. The number of anilines is 2. The topological polar surface area (TPSA) is 110 Å². The van der Waals surface area contributed by atoms with E-state index in [1.54, 1.807) is 0 Å². The minimum atomic E-state index is -3.76. The first-order valence-corrected chi connectivity index (χ1v) is 8.19. The first-order chi connectivity index (χ1) is 9.83. The lowest BCUT2D eigenvalue weighted by atomic mass is 10.1. The molecule has 1 heterocycles. The number of nitrogens with one attached hydrogen (secondary N) is 2. The monoisotopic (exact) mass is 371 g/mol. The molecule has 1 aromatic carbocycles. The third-order valence-electron chi connectivity index (χ3n) is 2.80. The molecule has 21 heavy (non-hydrogen) atoms. The van der Waals surface area contributed by atoms with Crippen LogP contribution in [-0.4, -0.2) is 18.4 Å². The van der Waals surface area contributed by atoms with Gasteiger partial charge >= 0.3 is 0 Å². The molecule has 0 fully saturated rings. The quantitative estimate of drug-likeness (QED) is 0.559. The number of hydrogen-bond acceptors (Lipinski definition) is 6. The van der Waals surface area contributed by atoms with Gasteiger partial charge in [0.25, 0.3) is 10.0 Å². The summed E-state index contributed by atoms with van der Waals surface area (Å²) in [6.45, 7) is 3.65. The Balaban J connectivity index is 2.37. The molecular weight excluding hydrogens is 358 g/mol. The summed E-state index contributed by atoms with van der Waals surface area (Å²) in [5.74, 6) is 5.29. The van der Waals surface area contributed by atoms with Gasteiger partial charge in [0.1, 0.15) is 4.90 Å². The van der Waals surface area contributed by atoms with Crippen molar-refractivity contribution in [3.05, 3.63) is 40.1 Å². The first kappa shape index (κ1) is 15.7. The smallest absolute Gasteiger partial charge is 0.264 e. The Morgan fingerprint density at radius 2 is 1.67 bits per heavy atom. The van der Waals surface area contributed by atoms with Crippen LogP contribution < -0.4 is 16.0 Å². The molecule has 0 unspecified atom stereocenters. The van der Waals surface area contributed by atoms with Crippen molar-refractivity contribution in [1.82, 2.24) is 9.97 Å². The van der Waals surface area contributed by atoms with Gasteiger partial charge < -0.3 is 0 Å². The molecule has 0 aliphatic heterocycles. The lowest BCUT2D eigenvalue weighted by molar-refractivity contribution is 0.600. The number of benzene rings is 1. The molecule has 2 aromatic rings. The Bertz CT molecular complexity index is 739. The maximum Gasteiger partial charge on any atom is 0.264 e. The van der Waals surface area contributed by atoms with E-state index in [-0.39, 0.29) is 10.8 Å². The van der Waals surface area contributed by atoms with Crippen molar-refractivity contribution in [2.75, 3.05) is 10.1 Å². The highest BCUT2D eigenvalue weighted by atomic mass is 79.9. The minimum absolute atomic E-state index is 0.0387. The van der Waals surface area contributed by atoms with Crippen LogP contribution in [0.1, 0.15) is 11.1 Å². The van der Waals surface area contributed by atoms with E-state index in [9.17, 15) is 8.42 Å². The van der Waals surface area contributed by atoms with Gasteiger partial charge in [-0.25, -0.2) is 24.2 Å². The molecule has 0 bridgehead atoms. The largest absolute Gasteiger partial charge is 0.292 e. The highest BCUT2D eigenvalue weighted by molar-refractivity contribution is 9.10. The van der Waals surface area contributed by atoms with Crippen molar-refractivity contribution >= 4 is 37.6 Å². The zero-order valence-electron chi connectivity index (χ0n) is 11.4. The highest BCUT2D eigenvalue weighted by Crippen LogP contribution is 2.27. The number of sulfonamides is 1. The number of hydrazine groups is 1. The zero-order chi connectivity index (χ0) is 15.6. The highest BCUT2D eigenvalue weighted by Gasteiger charge is 2.18. The molecule has 0 saturated carbocycles. The Kier molecular flexibility index (Phi) is 4.45. The molecule has 0 spiro atoms. The van der Waals surface area contributed by atoms with E-state index in [0.29, 0.717) is 5.69 Å². The standard InChI is InChI=1S/C12H14BrN5O2S/c1-7-3-9(13)4-8(2)11(7)18-21(19,20)10-5-15-12(17-14)16-6-10/h3-6,18H,14H2,1-2H3,(H,15,16,17). The van der Waals surface area contributed by atoms with Gasteiger partial charge in [-0.2, -0.15) is 0 Å². The number of nitrogens with zero attached hydrogens (tertiary/aromatic N) is 2. The molecule has 1 aromatic heterocycles. The van der Waals surface area contributed by atoms with E-state index >= 15 is 0 Å². The molecule has 0 saturated heterocycles. The normalized spacial score (nSPS) is 11.2. The van der Waals surface area contributed by atoms with Gasteiger partial charge in [-0.1, -0.05) is 15.9 Å². The van der Waals surface area contributed by atoms with Gasteiger partial charge in [0.05, 0.1) is 18.1 Å². The lowest BCUT2D eigenvalue weighted by Gasteiger charge is -2.13. The Hall–Kier alpha value is -1.71. The fourth-order valence-electron chi connectivity index (χ4n) is 1.79. The molecule has 0 aliphatic carbocycles. The van der Waals surface area contributed by atoms with Crippen molar-refractivity contribution in [2.24, 2.45) is 5.84 Å². The zero-order valence-corrected chi connectivity index (χ0v) is 13.8. The summed E-state index contributed by atoms with van der Waals surface area (Å²) < 4.78 is 28.1. The van der Waals surface area contributed by atoms with Crippen molar-refractivity contribution in [1.29, 1.82) is 0 Å². The van der Waals surface area contributed by atoms with Gasteiger partial charge in [0.2, 0.25) is 5.95 Å². The maximum absolute atomic E-state index is 12.3. The maximum atomic E-state index is 12.3. The number of aryl methyl sites for hydroxylation is 2. The molecule has 4 N–H and O–H groups in total. The second-order valence-electron chi connectivity index (χ2n) is 4.41. The minimum Gasteiger partial charge on any atom is -0.292 e. The lowest BCUT2D eigenvalue weighted by Crippen LogP contribution is -2.16. The first-order valence-electron chi connectivity index (χ1n) is 5.91. The summed E-state index contributed by atoms with van der Waals surface area (Å²) >= 11 is 3.37. The average molecular weight is 372 g/mol. The SMILES string of the molecule is Cc1cc(Br)cc(C)c1NS(=O)(=O)c1cnc(NN)nc1. The van der Waals surface area contributed by atoms with Crippen LogP contribution in [0.15, 0.2) is 33.9 Å². The van der Waals surface area contributed by atoms with Crippen LogP contribution in [-0.2, 0) is 10.0 Å². The number of nitrogen functional groups attached to an aromatic ring is 1. The van der Waals surface area contributed by atoms with Crippen molar-refractivity contribution < 1.29 is 8.42 Å². The number of nitrogens with two attached hydrogens (primary N) is 1. The van der Waals surface area contributed by atoms with Crippen LogP contribution in [0, 0.1) is 13.8 Å². The summed E-state index contributed by atoms with van der Waals surface area (Å²) in [5, 5.41) is 0. The fourth-order valence-corrected chi connectivity index (χ4v) is 3.57.